The van der Waals surface area contributed by atoms with E-state index >= 15 is 0 Å². The standard InChI is InChI=1S/C29H33F2N7O2/c1-6-12-29(5,32)15-33-23-21-24(37-27(39)28(21,3)4)36-25(35-23)22-16(2)34-26-20(11-8-13-38(22)26)40-14-17-18(30)9-7-10-19(17)31/h7-11,13H,6,12,14-15,32H2,1-5H3,(H2,33,35,36,37,39). The third kappa shape index (κ3) is 4.85. The molecule has 4 aromatic rings. The van der Waals surface area contributed by atoms with Crippen LogP contribution in [0.15, 0.2) is 36.5 Å². The molecule has 1 aliphatic heterocycles. The van der Waals surface area contributed by atoms with Gasteiger partial charge in [0.2, 0.25) is 5.91 Å². The van der Waals surface area contributed by atoms with E-state index in [2.05, 4.69) is 22.5 Å². The number of nitrogens with one attached hydrogen (secondary N) is 2. The molecule has 1 aliphatic rings. The Balaban J connectivity index is 1.56. The number of fused-ring (bicyclic) bond motifs is 2. The van der Waals surface area contributed by atoms with E-state index in [0.29, 0.717) is 52.4 Å². The van der Waals surface area contributed by atoms with Gasteiger partial charge in [0, 0.05) is 18.3 Å². The first-order chi connectivity index (χ1) is 18.9. The molecular weight excluding hydrogens is 516 g/mol. The van der Waals surface area contributed by atoms with Crippen molar-refractivity contribution >= 4 is 23.2 Å². The number of ether oxygens (including phenoxy) is 1. The van der Waals surface area contributed by atoms with Gasteiger partial charge in [-0.05, 0) is 58.4 Å². The fraction of sp³-hybridized carbons (Fsp3) is 0.379. The van der Waals surface area contributed by atoms with E-state index in [9.17, 15) is 13.6 Å². The zero-order valence-corrected chi connectivity index (χ0v) is 23.2. The number of aryl methyl sites for hydroxylation is 1. The molecule has 40 heavy (non-hydrogen) atoms. The number of rotatable bonds is 9. The number of amides is 1. The number of halogens is 2. The van der Waals surface area contributed by atoms with Crippen molar-refractivity contribution in [2.24, 2.45) is 5.73 Å². The maximum atomic E-state index is 14.2. The molecule has 0 saturated heterocycles. The molecule has 0 spiro atoms. The van der Waals surface area contributed by atoms with Gasteiger partial charge in [-0.3, -0.25) is 9.20 Å². The molecule has 5 rings (SSSR count). The van der Waals surface area contributed by atoms with Crippen molar-refractivity contribution in [3.63, 3.8) is 0 Å². The lowest BCUT2D eigenvalue weighted by Gasteiger charge is -2.26. The van der Waals surface area contributed by atoms with Gasteiger partial charge in [-0.15, -0.1) is 0 Å². The Morgan fingerprint density at radius 3 is 2.58 bits per heavy atom. The minimum absolute atomic E-state index is 0.168. The van der Waals surface area contributed by atoms with Crippen molar-refractivity contribution in [3.05, 3.63) is 65.0 Å². The largest absolute Gasteiger partial charge is 0.485 e. The number of carbonyl (C=O) groups excluding carboxylic acids is 1. The number of benzene rings is 1. The van der Waals surface area contributed by atoms with Crippen LogP contribution >= 0.6 is 0 Å². The second-order valence-electron chi connectivity index (χ2n) is 11.1. The highest BCUT2D eigenvalue weighted by atomic mass is 19.1. The van der Waals surface area contributed by atoms with Crippen molar-refractivity contribution in [2.75, 3.05) is 17.2 Å². The molecule has 1 amide bonds. The molecule has 9 nitrogen and oxygen atoms in total. The lowest BCUT2D eigenvalue weighted by Crippen LogP contribution is -2.43. The van der Waals surface area contributed by atoms with Gasteiger partial charge in [0.05, 0.1) is 22.2 Å². The first-order valence-electron chi connectivity index (χ1n) is 13.2. The van der Waals surface area contributed by atoms with Crippen molar-refractivity contribution < 1.29 is 18.3 Å². The van der Waals surface area contributed by atoms with E-state index in [4.69, 9.17) is 20.4 Å². The summed E-state index contributed by atoms with van der Waals surface area (Å²) in [6.07, 6.45) is 3.53. The molecule has 0 aliphatic carbocycles. The predicted octanol–water partition coefficient (Wildman–Crippen LogP) is 5.12. The van der Waals surface area contributed by atoms with Crippen molar-refractivity contribution in [1.29, 1.82) is 0 Å². The predicted molar refractivity (Wildman–Crippen MR) is 149 cm³/mol. The van der Waals surface area contributed by atoms with Gasteiger partial charge in [0.15, 0.2) is 17.2 Å². The molecule has 0 saturated carbocycles. The average molecular weight is 550 g/mol. The highest BCUT2D eigenvalue weighted by Gasteiger charge is 2.43. The van der Waals surface area contributed by atoms with Crippen LogP contribution in [0.25, 0.3) is 17.2 Å². The molecule has 210 valence electrons. The van der Waals surface area contributed by atoms with Crippen molar-refractivity contribution in [3.8, 4) is 17.3 Å². The summed E-state index contributed by atoms with van der Waals surface area (Å²) < 4.78 is 35.9. The number of aromatic nitrogens is 4. The van der Waals surface area contributed by atoms with Crippen molar-refractivity contribution in [1.82, 2.24) is 19.4 Å². The van der Waals surface area contributed by atoms with Crippen LogP contribution in [0, 0.1) is 18.6 Å². The second-order valence-corrected chi connectivity index (χ2v) is 11.1. The van der Waals surface area contributed by atoms with Crippen LogP contribution in [0.3, 0.4) is 0 Å². The third-order valence-electron chi connectivity index (χ3n) is 7.25. The van der Waals surface area contributed by atoms with E-state index in [1.807, 2.05) is 27.7 Å². The number of hydrogen-bond acceptors (Lipinski definition) is 7. The zero-order valence-electron chi connectivity index (χ0n) is 23.2. The molecule has 1 aromatic carbocycles. The first kappa shape index (κ1) is 27.4. The number of nitrogens with zero attached hydrogens (tertiary/aromatic N) is 4. The van der Waals surface area contributed by atoms with Crippen LogP contribution in [0.5, 0.6) is 5.75 Å². The van der Waals surface area contributed by atoms with E-state index in [1.165, 1.54) is 18.2 Å². The minimum atomic E-state index is -0.844. The van der Waals surface area contributed by atoms with Gasteiger partial charge in [-0.2, -0.15) is 0 Å². The SMILES string of the molecule is CCCC(C)(N)CNc1nc(-c2c(C)nc3c(OCc4c(F)cccc4F)cccn23)nc2c1C(C)(C)C(=O)N2. The minimum Gasteiger partial charge on any atom is -0.485 e. The number of imidazole rings is 1. The van der Waals surface area contributed by atoms with Gasteiger partial charge < -0.3 is 21.1 Å². The molecule has 3 aromatic heterocycles. The Kier molecular flexibility index (Phi) is 6.95. The summed E-state index contributed by atoms with van der Waals surface area (Å²) in [5.74, 6) is 0.0866. The van der Waals surface area contributed by atoms with E-state index in [-0.39, 0.29) is 18.1 Å². The van der Waals surface area contributed by atoms with Gasteiger partial charge in [-0.25, -0.2) is 23.7 Å². The van der Waals surface area contributed by atoms with Crippen LogP contribution in [-0.4, -0.2) is 37.3 Å². The summed E-state index contributed by atoms with van der Waals surface area (Å²) >= 11 is 0. The van der Waals surface area contributed by atoms with Crippen LogP contribution in [0.1, 0.15) is 57.4 Å². The summed E-state index contributed by atoms with van der Waals surface area (Å²) in [5, 5.41) is 6.28. The normalized spacial score (nSPS) is 15.6. The fourth-order valence-corrected chi connectivity index (χ4v) is 5.06. The maximum Gasteiger partial charge on any atom is 0.235 e. The Bertz CT molecular complexity index is 1590. The summed E-state index contributed by atoms with van der Waals surface area (Å²) in [7, 11) is 0. The maximum absolute atomic E-state index is 14.2. The van der Waals surface area contributed by atoms with Gasteiger partial charge >= 0.3 is 0 Å². The Morgan fingerprint density at radius 1 is 1.15 bits per heavy atom. The highest BCUT2D eigenvalue weighted by molar-refractivity contribution is 6.06. The highest BCUT2D eigenvalue weighted by Crippen LogP contribution is 2.42. The van der Waals surface area contributed by atoms with E-state index in [0.717, 1.165) is 12.8 Å². The number of carbonyl (C=O) groups is 1. The Hall–Kier alpha value is -4.12. The summed E-state index contributed by atoms with van der Waals surface area (Å²) in [4.78, 5) is 27.1. The van der Waals surface area contributed by atoms with Crippen LogP contribution < -0.4 is 21.1 Å². The molecule has 0 radical (unpaired) electrons. The Labute approximate surface area is 231 Å². The molecule has 4 N–H and O–H groups in total. The monoisotopic (exact) mass is 549 g/mol. The average Bonchev–Trinajstić information content (AvgIpc) is 3.34. The molecule has 1 unspecified atom stereocenters. The smallest absolute Gasteiger partial charge is 0.235 e. The number of nitrogens with two attached hydrogens (primary N) is 1. The molecule has 11 heteroatoms. The van der Waals surface area contributed by atoms with Gasteiger partial charge in [-0.1, -0.05) is 19.4 Å². The van der Waals surface area contributed by atoms with E-state index in [1.54, 1.807) is 22.7 Å². The second kappa shape index (κ2) is 10.1. The fourth-order valence-electron chi connectivity index (χ4n) is 5.06. The molecule has 1 atom stereocenters. The summed E-state index contributed by atoms with van der Waals surface area (Å²) in [5.41, 5.74) is 7.31. The molecule has 4 heterocycles. The molecule has 0 bridgehead atoms. The molecular formula is C29H33F2N7O2. The molecule has 0 fully saturated rings. The zero-order chi connectivity index (χ0) is 28.8. The van der Waals surface area contributed by atoms with Crippen LogP contribution in [-0.2, 0) is 16.8 Å². The van der Waals surface area contributed by atoms with Crippen LogP contribution in [0.4, 0.5) is 20.4 Å². The third-order valence-corrected chi connectivity index (χ3v) is 7.25. The lowest BCUT2D eigenvalue weighted by atomic mass is 9.87. The van der Waals surface area contributed by atoms with Crippen molar-refractivity contribution in [2.45, 2.75) is 65.0 Å². The quantitative estimate of drug-likeness (QED) is 0.265. The topological polar surface area (TPSA) is 119 Å². The van der Waals surface area contributed by atoms with Crippen LogP contribution in [0.2, 0.25) is 0 Å². The summed E-state index contributed by atoms with van der Waals surface area (Å²) in [6.45, 7) is 9.67. The van der Waals surface area contributed by atoms with Gasteiger partial charge in [0.1, 0.15) is 35.6 Å². The van der Waals surface area contributed by atoms with E-state index < -0.39 is 22.6 Å². The Morgan fingerprint density at radius 2 is 1.88 bits per heavy atom. The summed E-state index contributed by atoms with van der Waals surface area (Å²) in [6, 6.07) is 7.10. The number of pyridine rings is 1. The number of hydrogen-bond donors (Lipinski definition) is 3. The number of anilines is 2. The van der Waals surface area contributed by atoms with Gasteiger partial charge in [0.25, 0.3) is 0 Å². The lowest BCUT2D eigenvalue weighted by molar-refractivity contribution is -0.119. The first-order valence-corrected chi connectivity index (χ1v) is 13.2.